The number of rotatable bonds is 5. The topological polar surface area (TPSA) is 78.6 Å². The molecule has 1 saturated carbocycles. The fourth-order valence-corrected chi connectivity index (χ4v) is 5.33. The first-order valence-electron chi connectivity index (χ1n) is 12.1. The molecule has 1 aliphatic heterocycles. The number of nitriles is 1. The quantitative estimate of drug-likeness (QED) is 0.566. The molecule has 0 unspecified atom stereocenters. The summed E-state index contributed by atoms with van der Waals surface area (Å²) in [5.74, 6) is 0.991. The largest absolute Gasteiger partial charge is 0.495 e. The van der Waals surface area contributed by atoms with Crippen LogP contribution in [0.2, 0.25) is 0 Å². The van der Waals surface area contributed by atoms with Crippen LogP contribution < -0.4 is 9.47 Å². The van der Waals surface area contributed by atoms with E-state index in [2.05, 4.69) is 49.0 Å². The van der Waals surface area contributed by atoms with Crippen molar-refractivity contribution < 1.29 is 14.6 Å². The van der Waals surface area contributed by atoms with Crippen LogP contribution in [-0.2, 0) is 11.2 Å². The van der Waals surface area contributed by atoms with Gasteiger partial charge < -0.3 is 19.5 Å². The SMILES string of the molecule is CCN(C)CC.COc1cncc2c1[C@]1(O)CC[C@@H](c3ccccc3)[C@]1(c1ccc(C#N)cc1)O2. The molecular formula is C29H33N3O3. The third-order valence-electron chi connectivity index (χ3n) is 7.41. The zero-order chi connectivity index (χ0) is 25.1. The summed E-state index contributed by atoms with van der Waals surface area (Å²) in [5.41, 5.74) is 0.860. The number of methoxy groups -OCH3 is 1. The van der Waals surface area contributed by atoms with Gasteiger partial charge in [0.25, 0.3) is 0 Å². The first-order valence-corrected chi connectivity index (χ1v) is 12.1. The zero-order valence-corrected chi connectivity index (χ0v) is 20.9. The summed E-state index contributed by atoms with van der Waals surface area (Å²) in [6, 6.07) is 19.6. The Bertz CT molecular complexity index is 1190. The van der Waals surface area contributed by atoms with Crippen molar-refractivity contribution in [1.82, 2.24) is 9.88 Å². The summed E-state index contributed by atoms with van der Waals surface area (Å²) in [5, 5.41) is 21.4. The molecule has 2 heterocycles. The molecule has 2 aliphatic rings. The number of ether oxygens (including phenoxy) is 2. The van der Waals surface area contributed by atoms with Gasteiger partial charge in [-0.05, 0) is 56.2 Å². The number of nitrogens with zero attached hydrogens (tertiary/aromatic N) is 3. The molecular weight excluding hydrogens is 438 g/mol. The van der Waals surface area contributed by atoms with Crippen molar-refractivity contribution in [3.63, 3.8) is 0 Å². The predicted molar refractivity (Wildman–Crippen MR) is 135 cm³/mol. The normalized spacial score (nSPS) is 24.0. The van der Waals surface area contributed by atoms with Crippen molar-refractivity contribution in [2.45, 2.75) is 43.8 Å². The summed E-state index contributed by atoms with van der Waals surface area (Å²) in [7, 11) is 3.69. The molecule has 0 radical (unpaired) electrons. The van der Waals surface area contributed by atoms with Gasteiger partial charge in [0.15, 0.2) is 5.60 Å². The fourth-order valence-electron chi connectivity index (χ4n) is 5.33. The van der Waals surface area contributed by atoms with Gasteiger partial charge in [0.2, 0.25) is 0 Å². The Morgan fingerprint density at radius 1 is 1.11 bits per heavy atom. The number of hydrogen-bond donors (Lipinski definition) is 1. The van der Waals surface area contributed by atoms with Crippen molar-refractivity contribution >= 4 is 0 Å². The van der Waals surface area contributed by atoms with E-state index in [9.17, 15) is 10.4 Å². The van der Waals surface area contributed by atoms with Gasteiger partial charge in [0.1, 0.15) is 17.1 Å². The lowest BCUT2D eigenvalue weighted by Gasteiger charge is -2.40. The van der Waals surface area contributed by atoms with Crippen LogP contribution in [0.4, 0.5) is 0 Å². The molecule has 1 aliphatic carbocycles. The number of benzene rings is 2. The van der Waals surface area contributed by atoms with Crippen molar-refractivity contribution in [2.24, 2.45) is 0 Å². The molecule has 5 rings (SSSR count). The van der Waals surface area contributed by atoms with Crippen LogP contribution in [0.25, 0.3) is 0 Å². The van der Waals surface area contributed by atoms with E-state index in [4.69, 9.17) is 9.47 Å². The fraction of sp³-hybridized carbons (Fsp3) is 0.379. The van der Waals surface area contributed by atoms with Crippen LogP contribution >= 0.6 is 0 Å². The van der Waals surface area contributed by atoms with E-state index >= 15 is 0 Å². The van der Waals surface area contributed by atoms with Gasteiger partial charge in [0.05, 0.1) is 36.7 Å². The number of aromatic nitrogens is 1. The van der Waals surface area contributed by atoms with Crippen molar-refractivity contribution in [3.05, 3.63) is 89.2 Å². The maximum absolute atomic E-state index is 12.2. The number of hydrogen-bond acceptors (Lipinski definition) is 6. The number of fused-ring (bicyclic) bond motifs is 3. The van der Waals surface area contributed by atoms with Gasteiger partial charge in [-0.1, -0.05) is 56.3 Å². The Morgan fingerprint density at radius 2 is 1.80 bits per heavy atom. The Hall–Kier alpha value is -3.40. The summed E-state index contributed by atoms with van der Waals surface area (Å²) in [6.07, 6.45) is 4.54. The van der Waals surface area contributed by atoms with Crippen molar-refractivity contribution in [3.8, 4) is 17.6 Å². The lowest BCUT2D eigenvalue weighted by Crippen LogP contribution is -2.48. The lowest BCUT2D eigenvalue weighted by molar-refractivity contribution is -0.106. The molecule has 0 bridgehead atoms. The zero-order valence-electron chi connectivity index (χ0n) is 20.9. The van der Waals surface area contributed by atoms with E-state index in [-0.39, 0.29) is 5.92 Å². The van der Waals surface area contributed by atoms with Gasteiger partial charge in [-0.15, -0.1) is 0 Å². The summed E-state index contributed by atoms with van der Waals surface area (Å²) in [6.45, 7) is 6.64. The van der Waals surface area contributed by atoms with Crippen LogP contribution in [0.3, 0.4) is 0 Å². The number of aliphatic hydroxyl groups is 1. The molecule has 6 heteroatoms. The van der Waals surface area contributed by atoms with E-state index in [1.54, 1.807) is 31.6 Å². The van der Waals surface area contributed by atoms with E-state index in [1.807, 2.05) is 30.3 Å². The first-order chi connectivity index (χ1) is 16.9. The van der Waals surface area contributed by atoms with Gasteiger partial charge in [-0.3, -0.25) is 4.98 Å². The van der Waals surface area contributed by atoms with Crippen LogP contribution in [0.15, 0.2) is 67.0 Å². The van der Waals surface area contributed by atoms with Gasteiger partial charge in [-0.2, -0.15) is 5.26 Å². The van der Waals surface area contributed by atoms with E-state index < -0.39 is 11.2 Å². The van der Waals surface area contributed by atoms with Crippen molar-refractivity contribution in [1.29, 1.82) is 5.26 Å². The highest BCUT2D eigenvalue weighted by Crippen LogP contribution is 2.67. The van der Waals surface area contributed by atoms with Gasteiger partial charge >= 0.3 is 0 Å². The van der Waals surface area contributed by atoms with Crippen LogP contribution in [-0.4, -0.2) is 42.2 Å². The second-order valence-corrected chi connectivity index (χ2v) is 9.09. The molecule has 1 N–H and O–H groups in total. The maximum Gasteiger partial charge on any atom is 0.174 e. The summed E-state index contributed by atoms with van der Waals surface area (Å²) >= 11 is 0. The van der Waals surface area contributed by atoms with Gasteiger partial charge in [-0.25, -0.2) is 0 Å². The molecule has 3 aromatic rings. The van der Waals surface area contributed by atoms with E-state index in [0.717, 1.165) is 30.6 Å². The van der Waals surface area contributed by atoms with Crippen LogP contribution in [0.1, 0.15) is 54.9 Å². The molecule has 1 aromatic heterocycles. The molecule has 0 spiro atoms. The van der Waals surface area contributed by atoms with Crippen molar-refractivity contribution in [2.75, 3.05) is 27.2 Å². The molecule has 3 atom stereocenters. The molecule has 2 aromatic carbocycles. The molecule has 182 valence electrons. The number of pyridine rings is 1. The highest BCUT2D eigenvalue weighted by Gasteiger charge is 2.69. The molecule has 0 saturated heterocycles. The van der Waals surface area contributed by atoms with Gasteiger partial charge in [0, 0.05) is 5.92 Å². The maximum atomic E-state index is 12.2. The van der Waals surface area contributed by atoms with E-state index in [1.165, 1.54) is 0 Å². The average Bonchev–Trinajstić information content (AvgIpc) is 3.36. The minimum absolute atomic E-state index is 0.0706. The highest BCUT2D eigenvalue weighted by atomic mass is 16.5. The third-order valence-corrected chi connectivity index (χ3v) is 7.41. The second kappa shape index (κ2) is 10.1. The molecule has 0 amide bonds. The minimum atomic E-state index is -1.27. The standard InChI is InChI=1S/C24H20N2O3.C5H13N/c1-28-20-14-26-15-21-22(20)23(27)12-11-19(17-5-3-2-4-6-17)24(23,29-21)18-9-7-16(13-25)8-10-18;1-4-6(3)5-2/h2-10,14-15,19,27H,11-12H2,1H3;4-5H2,1-3H3/t19-,23+,24-;/m0./s1. The van der Waals surface area contributed by atoms with Crippen LogP contribution in [0.5, 0.6) is 11.5 Å². The lowest BCUT2D eigenvalue weighted by atomic mass is 9.71. The average molecular weight is 472 g/mol. The summed E-state index contributed by atoms with van der Waals surface area (Å²) < 4.78 is 12.2. The third kappa shape index (κ3) is 4.05. The Kier molecular flexibility index (Phi) is 7.11. The Labute approximate surface area is 207 Å². The van der Waals surface area contributed by atoms with E-state index in [0.29, 0.717) is 29.0 Å². The Morgan fingerprint density at radius 3 is 2.37 bits per heavy atom. The summed E-state index contributed by atoms with van der Waals surface area (Å²) in [4.78, 5) is 6.48. The smallest absolute Gasteiger partial charge is 0.174 e. The highest BCUT2D eigenvalue weighted by molar-refractivity contribution is 5.57. The second-order valence-electron chi connectivity index (χ2n) is 9.09. The molecule has 35 heavy (non-hydrogen) atoms. The molecule has 6 nitrogen and oxygen atoms in total. The van der Waals surface area contributed by atoms with Crippen LogP contribution in [0, 0.1) is 11.3 Å². The molecule has 1 fully saturated rings. The first kappa shape index (κ1) is 24.7. The monoisotopic (exact) mass is 471 g/mol. The Balaban J connectivity index is 0.000000431. The predicted octanol–water partition coefficient (Wildman–Crippen LogP) is 4.97. The minimum Gasteiger partial charge on any atom is -0.495 e.